The van der Waals surface area contributed by atoms with Crippen molar-refractivity contribution in [2.45, 2.75) is 25.3 Å². The number of methoxy groups -OCH3 is 1. The van der Waals surface area contributed by atoms with Crippen molar-refractivity contribution in [2.24, 2.45) is 5.10 Å². The molecule has 1 heterocycles. The van der Waals surface area contributed by atoms with Crippen LogP contribution in [-0.4, -0.2) is 31.7 Å². The molecule has 0 radical (unpaired) electrons. The highest BCUT2D eigenvalue weighted by atomic mass is 32.2. The summed E-state index contributed by atoms with van der Waals surface area (Å²) in [6, 6.07) is 19.4. The molecule has 0 spiro atoms. The van der Waals surface area contributed by atoms with Gasteiger partial charge in [-0.25, -0.2) is 14.8 Å². The molecule has 174 valence electrons. The van der Waals surface area contributed by atoms with Gasteiger partial charge in [0.25, 0.3) is 10.0 Å². The number of aromatic nitrogens is 2. The Hall–Kier alpha value is -3.98. The van der Waals surface area contributed by atoms with Gasteiger partial charge < -0.3 is 9.47 Å². The zero-order valence-electron chi connectivity index (χ0n) is 19.0. The normalized spacial score (nSPS) is 11.6. The lowest BCUT2D eigenvalue weighted by molar-refractivity contribution is 0.280. The number of sulfonamides is 1. The van der Waals surface area contributed by atoms with Crippen molar-refractivity contribution < 1.29 is 17.9 Å². The highest BCUT2D eigenvalue weighted by molar-refractivity contribution is 7.89. The summed E-state index contributed by atoms with van der Waals surface area (Å²) in [5, 5.41) is 3.87. The second-order valence-corrected chi connectivity index (χ2v) is 9.27. The molecule has 34 heavy (non-hydrogen) atoms. The van der Waals surface area contributed by atoms with Crippen molar-refractivity contribution in [1.29, 1.82) is 0 Å². The second-order valence-electron chi connectivity index (χ2n) is 7.61. The smallest absolute Gasteiger partial charge is 0.276 e. The maximum Gasteiger partial charge on any atom is 0.276 e. The fourth-order valence-corrected chi connectivity index (χ4v) is 4.02. The number of rotatable bonds is 8. The molecular weight excluding hydrogens is 452 g/mol. The number of para-hydroxylation sites is 2. The van der Waals surface area contributed by atoms with E-state index >= 15 is 0 Å². The highest BCUT2D eigenvalue weighted by Gasteiger charge is 2.12. The van der Waals surface area contributed by atoms with E-state index in [4.69, 9.17) is 9.47 Å². The fourth-order valence-electron chi connectivity index (χ4n) is 3.23. The summed E-state index contributed by atoms with van der Waals surface area (Å²) in [5.74, 6) is 1.01. The number of hydrogen-bond donors (Lipinski definition) is 1. The third-order valence-electron chi connectivity index (χ3n) is 5.11. The van der Waals surface area contributed by atoms with E-state index in [1.807, 2.05) is 38.1 Å². The molecule has 3 aromatic carbocycles. The monoisotopic (exact) mass is 476 g/mol. The number of fused-ring (bicyclic) bond motifs is 1. The molecule has 0 aliphatic heterocycles. The molecule has 4 aromatic rings. The molecular formula is C25H24N4O4S. The highest BCUT2D eigenvalue weighted by Crippen LogP contribution is 2.28. The number of aryl methyl sites for hydroxylation is 2. The van der Waals surface area contributed by atoms with Crippen LogP contribution in [-0.2, 0) is 16.6 Å². The van der Waals surface area contributed by atoms with Crippen LogP contribution in [0.3, 0.4) is 0 Å². The van der Waals surface area contributed by atoms with Crippen molar-refractivity contribution in [3.8, 4) is 11.5 Å². The molecule has 0 aliphatic carbocycles. The van der Waals surface area contributed by atoms with Crippen molar-refractivity contribution in [3.63, 3.8) is 0 Å². The minimum atomic E-state index is -3.75. The summed E-state index contributed by atoms with van der Waals surface area (Å²) in [6.45, 7) is 4.01. The predicted octanol–water partition coefficient (Wildman–Crippen LogP) is 4.15. The molecule has 0 saturated carbocycles. The van der Waals surface area contributed by atoms with Gasteiger partial charge in [0.1, 0.15) is 6.61 Å². The number of hydrogen-bond acceptors (Lipinski definition) is 7. The Morgan fingerprint density at radius 3 is 2.35 bits per heavy atom. The Bertz CT molecular complexity index is 1450. The number of nitrogens with zero attached hydrogens (tertiary/aromatic N) is 3. The number of ether oxygens (including phenoxy) is 2. The first kappa shape index (κ1) is 23.2. The van der Waals surface area contributed by atoms with E-state index in [0.717, 1.165) is 28.0 Å². The summed E-state index contributed by atoms with van der Waals surface area (Å²) in [7, 11) is -2.21. The van der Waals surface area contributed by atoms with Gasteiger partial charge in [-0.1, -0.05) is 29.8 Å². The Morgan fingerprint density at radius 2 is 1.65 bits per heavy atom. The van der Waals surface area contributed by atoms with Gasteiger partial charge >= 0.3 is 0 Å². The molecule has 1 N–H and O–H groups in total. The molecule has 0 amide bonds. The molecule has 1 aromatic heterocycles. The Labute approximate surface area is 198 Å². The Kier molecular flexibility index (Phi) is 6.74. The van der Waals surface area contributed by atoms with Gasteiger partial charge in [0, 0.05) is 0 Å². The standard InChI is InChI=1S/C25H24N4O4S/c1-17-8-11-20(12-9-17)34(30,31)29-26-15-19-10-13-24(25(14-19)32-3)33-16-23-18(2)27-21-6-4-5-7-22(21)28-23/h4-15,29H,16H2,1-3H3. The van der Waals surface area contributed by atoms with Crippen LogP contribution in [0, 0.1) is 13.8 Å². The van der Waals surface area contributed by atoms with Crippen LogP contribution in [0.2, 0.25) is 0 Å². The summed E-state index contributed by atoms with van der Waals surface area (Å²) >= 11 is 0. The van der Waals surface area contributed by atoms with Crippen molar-refractivity contribution in [2.75, 3.05) is 7.11 Å². The SMILES string of the molecule is COc1cc(C=NNS(=O)(=O)c2ccc(C)cc2)ccc1OCc1nc2ccccc2nc1C. The van der Waals surface area contributed by atoms with E-state index in [1.54, 1.807) is 30.3 Å². The largest absolute Gasteiger partial charge is 0.493 e. The topological polar surface area (TPSA) is 103 Å². The van der Waals surface area contributed by atoms with E-state index < -0.39 is 10.0 Å². The van der Waals surface area contributed by atoms with Gasteiger partial charge in [-0.05, 0) is 61.9 Å². The quantitative estimate of drug-likeness (QED) is 0.303. The molecule has 0 unspecified atom stereocenters. The van der Waals surface area contributed by atoms with Crippen molar-refractivity contribution >= 4 is 27.3 Å². The molecule has 0 atom stereocenters. The number of benzene rings is 3. The van der Waals surface area contributed by atoms with Gasteiger partial charge in [0.15, 0.2) is 11.5 Å². The molecule has 8 nitrogen and oxygen atoms in total. The zero-order valence-corrected chi connectivity index (χ0v) is 19.8. The zero-order chi connectivity index (χ0) is 24.1. The maximum atomic E-state index is 12.4. The van der Waals surface area contributed by atoms with Crippen LogP contribution in [0.4, 0.5) is 0 Å². The molecule has 4 rings (SSSR count). The van der Waals surface area contributed by atoms with Gasteiger partial charge in [0.2, 0.25) is 0 Å². The summed E-state index contributed by atoms with van der Waals surface area (Å²) in [6.07, 6.45) is 1.40. The van der Waals surface area contributed by atoms with Crippen LogP contribution < -0.4 is 14.3 Å². The molecule has 0 aliphatic rings. The average Bonchev–Trinajstić information content (AvgIpc) is 2.83. The lowest BCUT2D eigenvalue weighted by Crippen LogP contribution is -2.18. The van der Waals surface area contributed by atoms with Crippen LogP contribution in [0.15, 0.2) is 76.7 Å². The van der Waals surface area contributed by atoms with Crippen LogP contribution >= 0.6 is 0 Å². The van der Waals surface area contributed by atoms with Crippen LogP contribution in [0.1, 0.15) is 22.5 Å². The Morgan fingerprint density at radius 1 is 0.941 bits per heavy atom. The van der Waals surface area contributed by atoms with E-state index in [2.05, 4.69) is 19.9 Å². The van der Waals surface area contributed by atoms with Crippen molar-refractivity contribution in [1.82, 2.24) is 14.8 Å². The van der Waals surface area contributed by atoms with Crippen LogP contribution in [0.5, 0.6) is 11.5 Å². The van der Waals surface area contributed by atoms with Gasteiger partial charge in [0.05, 0.1) is 40.6 Å². The Balaban J connectivity index is 1.45. The lowest BCUT2D eigenvalue weighted by Gasteiger charge is -2.12. The third kappa shape index (κ3) is 5.32. The van der Waals surface area contributed by atoms with Gasteiger partial charge in [-0.2, -0.15) is 13.5 Å². The number of nitrogens with one attached hydrogen (secondary N) is 1. The molecule has 0 saturated heterocycles. The molecule has 0 fully saturated rings. The lowest BCUT2D eigenvalue weighted by atomic mass is 10.2. The summed E-state index contributed by atoms with van der Waals surface area (Å²) in [4.78, 5) is 11.6. The van der Waals surface area contributed by atoms with E-state index in [1.165, 1.54) is 25.5 Å². The second kappa shape index (κ2) is 9.88. The van der Waals surface area contributed by atoms with Gasteiger partial charge in [-0.3, -0.25) is 0 Å². The number of hydrazone groups is 1. The maximum absolute atomic E-state index is 12.4. The third-order valence-corrected chi connectivity index (χ3v) is 6.35. The first-order valence-corrected chi connectivity index (χ1v) is 12.0. The molecule has 0 bridgehead atoms. The minimum Gasteiger partial charge on any atom is -0.493 e. The van der Waals surface area contributed by atoms with E-state index in [0.29, 0.717) is 17.1 Å². The summed E-state index contributed by atoms with van der Waals surface area (Å²) < 4.78 is 36.1. The minimum absolute atomic E-state index is 0.142. The first-order valence-electron chi connectivity index (χ1n) is 10.5. The average molecular weight is 477 g/mol. The van der Waals surface area contributed by atoms with Gasteiger partial charge in [-0.15, -0.1) is 0 Å². The van der Waals surface area contributed by atoms with E-state index in [-0.39, 0.29) is 11.5 Å². The first-order chi connectivity index (χ1) is 16.4. The predicted molar refractivity (Wildman–Crippen MR) is 131 cm³/mol. The molecule has 9 heteroatoms. The van der Waals surface area contributed by atoms with E-state index in [9.17, 15) is 8.42 Å². The van der Waals surface area contributed by atoms with Crippen molar-refractivity contribution in [3.05, 3.63) is 89.2 Å². The summed E-state index contributed by atoms with van der Waals surface area (Å²) in [5.41, 5.74) is 4.78. The van der Waals surface area contributed by atoms with Crippen LogP contribution in [0.25, 0.3) is 11.0 Å². The fraction of sp³-hybridized carbons (Fsp3) is 0.160.